The molecule has 4 fully saturated rings. The predicted molar refractivity (Wildman–Crippen MR) is 294 cm³/mol. The Bertz CT molecular complexity index is 3100. The van der Waals surface area contributed by atoms with Crippen molar-refractivity contribution in [1.82, 2.24) is 9.80 Å². The van der Waals surface area contributed by atoms with Gasteiger partial charge in [-0.3, -0.25) is 43.4 Å². The van der Waals surface area contributed by atoms with Crippen molar-refractivity contribution in [3.05, 3.63) is 92.5 Å². The standard InChI is InChI=1S/C30H36N2O9S.C28H33NO8S/c1-4-17(34)41-26-19-15(12-42-13-8-5-6-9-13)14-10-7-11-16(33)18(14)24(35)20(19)27(37)30(40)22(26)23(32(2)3)25(36)21(28(30)38)29(31)39;1-12(30)17-25(34)22(29(2)3)21-24(33)19-15(11-38-13-7-4-5-8-13)14-9-6-10-16(31)18(14)23(32)20(19)27(36)28(21,37)26(17)35/h7,10-11,13,15,19,22-23,26,33,35,38,40H,4-6,8-9,12H2,1-3H3,(H2,31,39);6,9-10,13,15,19,21-22,24,31-33,35,37H,4-5,7-8,11H2,1-3H3/t15-,19?,22?,23-,26-,30-;15-,19?,21?,22-,24-,28+/m00/s1. The summed E-state index contributed by atoms with van der Waals surface area (Å²) in [6.07, 6.45) is 5.58. The average Bonchev–Trinajstić information content (AvgIpc) is 3.84. The van der Waals surface area contributed by atoms with E-state index in [1.807, 2.05) is 0 Å². The molecule has 22 heteroatoms. The number of esters is 1. The van der Waals surface area contributed by atoms with Crippen molar-refractivity contribution in [2.75, 3.05) is 39.7 Å². The van der Waals surface area contributed by atoms with Gasteiger partial charge >= 0.3 is 5.97 Å². The van der Waals surface area contributed by atoms with Gasteiger partial charge < -0.3 is 56.4 Å². The number of amides is 1. The number of phenolic OH excluding ortho intramolecular Hbond substituents is 2. The lowest BCUT2D eigenvalue weighted by molar-refractivity contribution is -0.185. The third-order valence-electron chi connectivity index (χ3n) is 17.9. The van der Waals surface area contributed by atoms with Crippen LogP contribution in [0.25, 0.3) is 11.5 Å². The van der Waals surface area contributed by atoms with Crippen molar-refractivity contribution in [3.8, 4) is 11.5 Å². The highest BCUT2D eigenvalue weighted by Gasteiger charge is 2.71. The van der Waals surface area contributed by atoms with Gasteiger partial charge in [-0.25, -0.2) is 0 Å². The molecule has 2 aromatic rings. The molecule has 10 rings (SSSR count). The summed E-state index contributed by atoms with van der Waals surface area (Å²) in [5.41, 5.74) is -1.50. The number of phenols is 2. The zero-order valence-corrected chi connectivity index (χ0v) is 46.9. The van der Waals surface area contributed by atoms with E-state index >= 15 is 0 Å². The minimum absolute atomic E-state index is 0.00591. The number of nitrogens with zero attached hydrogens (tertiary/aromatic N) is 2. The number of aromatic hydroxyl groups is 2. The normalized spacial score (nSPS) is 32.3. The van der Waals surface area contributed by atoms with Crippen molar-refractivity contribution in [1.29, 1.82) is 0 Å². The molecule has 0 saturated heterocycles. The highest BCUT2D eigenvalue weighted by atomic mass is 32.2. The van der Waals surface area contributed by atoms with Gasteiger partial charge in [0.2, 0.25) is 11.6 Å². The number of likely N-dealkylation sites (N-methyl/N-ethyl adjacent to an activating group) is 2. The molecule has 4 unspecified atom stereocenters. The minimum atomic E-state index is -2.95. The number of thioether (sulfide) groups is 2. The maximum Gasteiger partial charge on any atom is 0.305 e. The first-order valence-electron chi connectivity index (χ1n) is 27.0. The number of aliphatic hydroxyl groups is 7. The lowest BCUT2D eigenvalue weighted by Crippen LogP contribution is -2.71. The number of Topliss-reactive ketones (excluding diaryl/α,β-unsaturated/α-hetero) is 5. The van der Waals surface area contributed by atoms with Crippen LogP contribution in [0, 0.1) is 23.7 Å². The molecular weight excluding hydrogens is 1070 g/mol. The SMILES string of the molecule is CC(=O)C1=C(O)[C@@]2(O)C(=O)C3=C(O)c4c(O)cccc4[C@H](CSC4CCCC4)C3[C@H](O)C2[C@H](N(C)C)C1=O.CCC(=O)O[C@H]1C2C(=C(O)c3c(O)cccc3[C@@H]2CSC2CCCC2)C(=O)[C@]2(O)C(O)=C(C(N)=O)C(=O)[C@@H](N(C)C)C12. The number of benzene rings is 2. The first-order chi connectivity index (χ1) is 37.8. The molecule has 0 spiro atoms. The maximum absolute atomic E-state index is 14.4. The minimum Gasteiger partial charge on any atom is -0.508 e. The molecule has 12 atom stereocenters. The second kappa shape index (κ2) is 22.0. The van der Waals surface area contributed by atoms with E-state index in [0.29, 0.717) is 33.1 Å². The van der Waals surface area contributed by atoms with Crippen LogP contribution in [0.2, 0.25) is 0 Å². The number of ether oxygens (including phenoxy) is 1. The van der Waals surface area contributed by atoms with Crippen LogP contribution in [0.4, 0.5) is 0 Å². The molecule has 0 radical (unpaired) electrons. The molecular formula is C58H69N3O17S2. The number of fused-ring (bicyclic) bond motifs is 6. The number of aliphatic hydroxyl groups excluding tert-OH is 5. The summed E-state index contributed by atoms with van der Waals surface area (Å²) in [4.78, 5) is 96.1. The number of hydrogen-bond acceptors (Lipinski definition) is 21. The van der Waals surface area contributed by atoms with E-state index in [0.717, 1.165) is 58.3 Å². The van der Waals surface area contributed by atoms with Crippen molar-refractivity contribution < 1.29 is 84.3 Å². The molecule has 4 saturated carbocycles. The van der Waals surface area contributed by atoms with E-state index in [2.05, 4.69) is 0 Å². The second-order valence-electron chi connectivity index (χ2n) is 22.7. The molecule has 11 N–H and O–H groups in total. The van der Waals surface area contributed by atoms with Gasteiger partial charge in [0, 0.05) is 63.2 Å². The Hall–Kier alpha value is -6.01. The number of hydrogen-bond donors (Lipinski definition) is 10. The van der Waals surface area contributed by atoms with Gasteiger partial charge in [-0.1, -0.05) is 56.9 Å². The molecule has 0 heterocycles. The zero-order chi connectivity index (χ0) is 58.3. The third-order valence-corrected chi connectivity index (χ3v) is 20.8. The van der Waals surface area contributed by atoms with Gasteiger partial charge in [0.25, 0.3) is 5.91 Å². The summed E-state index contributed by atoms with van der Waals surface area (Å²) >= 11 is 3.40. The molecule has 8 aliphatic carbocycles. The van der Waals surface area contributed by atoms with E-state index < -0.39 is 146 Å². The molecule has 0 aromatic heterocycles. The van der Waals surface area contributed by atoms with E-state index in [9.17, 15) is 79.5 Å². The number of nitrogens with two attached hydrogens (primary N) is 1. The van der Waals surface area contributed by atoms with E-state index in [1.54, 1.807) is 54.7 Å². The molecule has 2 aromatic carbocycles. The van der Waals surface area contributed by atoms with Gasteiger partial charge in [-0.2, -0.15) is 23.5 Å². The highest BCUT2D eigenvalue weighted by molar-refractivity contribution is 8.00. The van der Waals surface area contributed by atoms with Gasteiger partial charge in [-0.15, -0.1) is 0 Å². The van der Waals surface area contributed by atoms with Crippen molar-refractivity contribution >= 4 is 75.8 Å². The first-order valence-corrected chi connectivity index (χ1v) is 29.1. The Labute approximate surface area is 470 Å². The largest absolute Gasteiger partial charge is 0.508 e. The fourth-order valence-corrected chi connectivity index (χ4v) is 17.3. The van der Waals surface area contributed by atoms with Crippen LogP contribution in [0.3, 0.4) is 0 Å². The van der Waals surface area contributed by atoms with Gasteiger partial charge in [-0.05, 0) is 84.1 Å². The first kappa shape index (κ1) is 58.6. The average molecular weight is 1140 g/mol. The van der Waals surface area contributed by atoms with E-state index in [-0.39, 0.29) is 40.2 Å². The molecule has 0 aliphatic heterocycles. The predicted octanol–water partition coefficient (Wildman–Crippen LogP) is 4.37. The van der Waals surface area contributed by atoms with E-state index in [1.165, 1.54) is 50.1 Å². The van der Waals surface area contributed by atoms with Crippen LogP contribution >= 0.6 is 23.5 Å². The Morgan fingerprint density at radius 2 is 1.06 bits per heavy atom. The van der Waals surface area contributed by atoms with Crippen LogP contribution < -0.4 is 5.73 Å². The van der Waals surface area contributed by atoms with E-state index in [4.69, 9.17) is 10.5 Å². The third kappa shape index (κ3) is 9.07. The van der Waals surface area contributed by atoms with Crippen LogP contribution in [0.1, 0.15) is 106 Å². The smallest absolute Gasteiger partial charge is 0.305 e. The van der Waals surface area contributed by atoms with Crippen LogP contribution in [0.15, 0.2) is 70.2 Å². The summed E-state index contributed by atoms with van der Waals surface area (Å²) in [5.74, 6) is -16.3. The number of rotatable bonds is 12. The summed E-state index contributed by atoms with van der Waals surface area (Å²) in [5, 5.41) is 103. The molecule has 8 aliphatic rings. The molecule has 1 amide bonds. The Balaban J connectivity index is 0.000000195. The van der Waals surface area contributed by atoms with Crippen molar-refractivity contribution in [2.45, 2.75) is 129 Å². The number of carbonyl (C=O) groups is 7. The maximum atomic E-state index is 14.4. The monoisotopic (exact) mass is 1140 g/mol. The summed E-state index contributed by atoms with van der Waals surface area (Å²) in [6.45, 7) is 2.62. The fourth-order valence-electron chi connectivity index (χ4n) is 14.2. The molecule has 0 bridgehead atoms. The molecule has 430 valence electrons. The van der Waals surface area contributed by atoms with Gasteiger partial charge in [0.15, 0.2) is 28.6 Å². The van der Waals surface area contributed by atoms with Crippen LogP contribution in [0.5, 0.6) is 11.5 Å². The summed E-state index contributed by atoms with van der Waals surface area (Å²) < 4.78 is 5.96. The zero-order valence-electron chi connectivity index (χ0n) is 45.2. The molecule has 80 heavy (non-hydrogen) atoms. The quantitative estimate of drug-likeness (QED) is 0.104. The number of carbonyl (C=O) groups excluding carboxylic acids is 7. The Morgan fingerprint density at radius 1 is 0.650 bits per heavy atom. The number of ketones is 5. The number of primary amides is 1. The summed E-state index contributed by atoms with van der Waals surface area (Å²) in [6, 6.07) is 6.77. The second-order valence-corrected chi connectivity index (χ2v) is 25.4. The van der Waals surface area contributed by atoms with Crippen molar-refractivity contribution in [3.63, 3.8) is 0 Å². The Kier molecular flexibility index (Phi) is 16.2. The fraction of sp³-hybridized carbons (Fsp3) is 0.534. The van der Waals surface area contributed by atoms with Crippen LogP contribution in [-0.4, -0.2) is 182 Å². The van der Waals surface area contributed by atoms with Crippen molar-refractivity contribution in [2.24, 2.45) is 29.4 Å². The molecule has 20 nitrogen and oxygen atoms in total. The Morgan fingerprint density at radius 3 is 1.50 bits per heavy atom. The topological polar surface area (TPSA) is 343 Å². The van der Waals surface area contributed by atoms with Crippen LogP contribution in [-0.2, 0) is 38.3 Å². The summed E-state index contributed by atoms with van der Waals surface area (Å²) in [7, 11) is 6.06. The highest BCUT2D eigenvalue weighted by Crippen LogP contribution is 2.60. The lowest BCUT2D eigenvalue weighted by atomic mass is 9.54. The lowest BCUT2D eigenvalue weighted by Gasteiger charge is -2.54. The van der Waals surface area contributed by atoms with Gasteiger partial charge in [0.1, 0.15) is 51.8 Å². The van der Waals surface area contributed by atoms with Gasteiger partial charge in [0.05, 0.1) is 41.2 Å².